The van der Waals surface area contributed by atoms with E-state index in [0.717, 1.165) is 29.7 Å². The maximum absolute atomic E-state index is 6.40. The van der Waals surface area contributed by atoms with Gasteiger partial charge in [-0.2, -0.15) is 0 Å². The van der Waals surface area contributed by atoms with Crippen LogP contribution in [0.3, 0.4) is 0 Å². The minimum atomic E-state index is 0.107. The first-order chi connectivity index (χ1) is 13.6. The Morgan fingerprint density at radius 2 is 1.79 bits per heavy atom. The Balaban J connectivity index is 1.46. The minimum Gasteiger partial charge on any atom is -0.489 e. The molecule has 0 radical (unpaired) electrons. The molecule has 1 saturated heterocycles. The van der Waals surface area contributed by atoms with Crippen LogP contribution in [-0.4, -0.2) is 11.8 Å². The van der Waals surface area contributed by atoms with E-state index in [9.17, 15) is 0 Å². The Hall–Kier alpha value is -1.72. The quantitative estimate of drug-likeness (QED) is 0.397. The molecule has 2 aliphatic rings. The third-order valence-electron chi connectivity index (χ3n) is 5.00. The van der Waals surface area contributed by atoms with Gasteiger partial charge in [0.25, 0.3) is 0 Å². The lowest BCUT2D eigenvalue weighted by molar-refractivity contribution is 0.300. The number of aromatic nitrogens is 1. The predicted molar refractivity (Wildman–Crippen MR) is 108 cm³/mol. The summed E-state index contributed by atoms with van der Waals surface area (Å²) in [5, 5.41) is 5.98. The number of epoxide rings is 1. The first kappa shape index (κ1) is 18.3. The van der Waals surface area contributed by atoms with E-state index in [1.165, 1.54) is 0 Å². The number of benzene rings is 2. The highest BCUT2D eigenvalue weighted by Crippen LogP contribution is 2.46. The highest BCUT2D eigenvalue weighted by Gasteiger charge is 2.34. The van der Waals surface area contributed by atoms with Crippen molar-refractivity contribution < 1.29 is 14.0 Å². The molecule has 5 rings (SSSR count). The monoisotopic (exact) mass is 435 g/mol. The highest BCUT2D eigenvalue weighted by molar-refractivity contribution is 6.39. The molecule has 28 heavy (non-hydrogen) atoms. The summed E-state index contributed by atoms with van der Waals surface area (Å²) in [6.07, 6.45) is 2.27. The summed E-state index contributed by atoms with van der Waals surface area (Å²) in [5.74, 6) is 1.90. The zero-order valence-corrected chi connectivity index (χ0v) is 17.0. The van der Waals surface area contributed by atoms with Crippen molar-refractivity contribution in [2.75, 3.05) is 6.61 Å². The summed E-state index contributed by atoms with van der Waals surface area (Å²) < 4.78 is 17.0. The second kappa shape index (κ2) is 7.27. The molecule has 4 nitrogen and oxygen atoms in total. The van der Waals surface area contributed by atoms with Gasteiger partial charge in [-0.3, -0.25) is 0 Å². The molecule has 1 atom stereocenters. The van der Waals surface area contributed by atoms with Crippen LogP contribution >= 0.6 is 34.8 Å². The van der Waals surface area contributed by atoms with Crippen molar-refractivity contribution in [3.8, 4) is 17.0 Å². The number of hydrogen-bond acceptors (Lipinski definition) is 4. The van der Waals surface area contributed by atoms with Gasteiger partial charge in [0.15, 0.2) is 0 Å². The molecular formula is C21H16Cl3NO3. The maximum Gasteiger partial charge on any atom is 0.147 e. The lowest BCUT2D eigenvalue weighted by atomic mass is 10.0. The van der Waals surface area contributed by atoms with Gasteiger partial charge in [0.1, 0.15) is 29.9 Å². The van der Waals surface area contributed by atoms with E-state index in [2.05, 4.69) is 5.16 Å². The van der Waals surface area contributed by atoms with Gasteiger partial charge in [-0.15, -0.1) is 0 Å². The number of halogens is 3. The second-order valence-corrected chi connectivity index (χ2v) is 8.26. The summed E-state index contributed by atoms with van der Waals surface area (Å²) in [5.41, 5.74) is 3.16. The lowest BCUT2D eigenvalue weighted by Crippen LogP contribution is -2.00. The van der Waals surface area contributed by atoms with Crippen molar-refractivity contribution in [3.05, 3.63) is 68.4 Å². The molecule has 0 amide bonds. The fourth-order valence-corrected chi connectivity index (χ4v) is 4.16. The second-order valence-electron chi connectivity index (χ2n) is 7.04. The summed E-state index contributed by atoms with van der Waals surface area (Å²) in [7, 11) is 0. The lowest BCUT2D eigenvalue weighted by Gasteiger charge is -2.10. The van der Waals surface area contributed by atoms with Crippen molar-refractivity contribution in [3.63, 3.8) is 0 Å². The van der Waals surface area contributed by atoms with E-state index in [1.807, 2.05) is 18.2 Å². The first-order valence-electron chi connectivity index (χ1n) is 9.08. The van der Waals surface area contributed by atoms with E-state index >= 15 is 0 Å². The average molecular weight is 437 g/mol. The molecule has 0 spiro atoms. The van der Waals surface area contributed by atoms with Crippen molar-refractivity contribution >= 4 is 34.8 Å². The van der Waals surface area contributed by atoms with Gasteiger partial charge in [-0.05, 0) is 37.1 Å². The summed E-state index contributed by atoms with van der Waals surface area (Å²) in [4.78, 5) is 0. The number of nitrogens with zero attached hydrogens (tertiary/aromatic N) is 1. The van der Waals surface area contributed by atoms with Crippen LogP contribution in [0.2, 0.25) is 15.1 Å². The molecule has 144 valence electrons. The van der Waals surface area contributed by atoms with Gasteiger partial charge in [0, 0.05) is 17.0 Å². The van der Waals surface area contributed by atoms with E-state index in [0.29, 0.717) is 51.2 Å². The molecule has 0 bridgehead atoms. The van der Waals surface area contributed by atoms with Gasteiger partial charge >= 0.3 is 0 Å². The molecule has 1 unspecified atom stereocenters. The molecular weight excluding hydrogens is 421 g/mol. The molecule has 2 aromatic carbocycles. The number of hydrogen-bond donors (Lipinski definition) is 0. The van der Waals surface area contributed by atoms with E-state index < -0.39 is 0 Å². The first-order valence-corrected chi connectivity index (χ1v) is 10.2. The van der Waals surface area contributed by atoms with Crippen LogP contribution in [0.4, 0.5) is 0 Å². The van der Waals surface area contributed by atoms with Crippen molar-refractivity contribution in [1.29, 1.82) is 0 Å². The smallest absolute Gasteiger partial charge is 0.147 e. The Morgan fingerprint density at radius 1 is 1.04 bits per heavy atom. The molecule has 1 aliphatic carbocycles. The molecule has 1 aliphatic heterocycles. The van der Waals surface area contributed by atoms with E-state index in [4.69, 9.17) is 48.8 Å². The SMILES string of the molecule is Clc1cc(OCc2c(-c3c(Cl)cccc3Cl)noc2C2CC2)ccc1C1CO1. The van der Waals surface area contributed by atoms with Crippen LogP contribution in [0.25, 0.3) is 11.3 Å². The van der Waals surface area contributed by atoms with E-state index in [-0.39, 0.29) is 6.10 Å². The molecule has 3 aromatic rings. The third kappa shape index (κ3) is 3.50. The van der Waals surface area contributed by atoms with Crippen molar-refractivity contribution in [2.45, 2.75) is 31.5 Å². The van der Waals surface area contributed by atoms with Crippen LogP contribution in [0, 0.1) is 0 Å². The highest BCUT2D eigenvalue weighted by atomic mass is 35.5. The molecule has 0 N–H and O–H groups in total. The van der Waals surface area contributed by atoms with Gasteiger partial charge in [-0.1, -0.05) is 52.1 Å². The molecule has 2 fully saturated rings. The van der Waals surface area contributed by atoms with Gasteiger partial charge in [-0.25, -0.2) is 0 Å². The molecule has 1 aromatic heterocycles. The number of rotatable bonds is 6. The Morgan fingerprint density at radius 3 is 2.43 bits per heavy atom. The van der Waals surface area contributed by atoms with Gasteiger partial charge < -0.3 is 14.0 Å². The largest absolute Gasteiger partial charge is 0.489 e. The van der Waals surface area contributed by atoms with Gasteiger partial charge in [0.2, 0.25) is 0 Å². The zero-order chi connectivity index (χ0) is 19.3. The normalized spacial score (nSPS) is 18.3. The Kier molecular flexibility index (Phi) is 4.76. The molecule has 2 heterocycles. The van der Waals surface area contributed by atoms with Crippen LogP contribution in [0.1, 0.15) is 41.8 Å². The standard InChI is InChI=1S/C21H16Cl3NO3/c22-15-2-1-3-16(23)19(15)20-14(21(28-25-20)11-4-5-11)9-26-12-6-7-13(17(24)8-12)18-10-27-18/h1-3,6-8,11,18H,4-5,9-10H2. The van der Waals surface area contributed by atoms with Crippen LogP contribution in [-0.2, 0) is 11.3 Å². The molecule has 1 saturated carbocycles. The Labute approximate surface area is 177 Å². The topological polar surface area (TPSA) is 47.8 Å². The molecule has 7 heteroatoms. The maximum atomic E-state index is 6.40. The summed E-state index contributed by atoms with van der Waals surface area (Å²) in [6.45, 7) is 1.01. The van der Waals surface area contributed by atoms with Gasteiger partial charge in [0.05, 0.1) is 27.2 Å². The average Bonchev–Trinajstić information content (AvgIpc) is 3.59. The number of ether oxygens (including phenoxy) is 2. The van der Waals surface area contributed by atoms with E-state index in [1.54, 1.807) is 18.2 Å². The van der Waals surface area contributed by atoms with Crippen LogP contribution in [0.5, 0.6) is 5.75 Å². The fraction of sp³-hybridized carbons (Fsp3) is 0.286. The zero-order valence-electron chi connectivity index (χ0n) is 14.8. The van der Waals surface area contributed by atoms with Crippen LogP contribution < -0.4 is 4.74 Å². The minimum absolute atomic E-state index is 0.107. The fourth-order valence-electron chi connectivity index (χ4n) is 3.29. The third-order valence-corrected chi connectivity index (χ3v) is 5.96. The van der Waals surface area contributed by atoms with Crippen LogP contribution in [0.15, 0.2) is 40.9 Å². The summed E-state index contributed by atoms with van der Waals surface area (Å²) in [6, 6.07) is 11.0. The van der Waals surface area contributed by atoms with Crippen molar-refractivity contribution in [1.82, 2.24) is 5.16 Å². The summed E-state index contributed by atoms with van der Waals surface area (Å²) >= 11 is 19.2. The Bertz CT molecular complexity index is 1020. The predicted octanol–water partition coefficient (Wildman–Crippen LogP) is 6.83. The van der Waals surface area contributed by atoms with Crippen molar-refractivity contribution in [2.24, 2.45) is 0 Å².